The van der Waals surface area contributed by atoms with E-state index in [1.54, 1.807) is 0 Å². The van der Waals surface area contributed by atoms with Crippen LogP contribution in [0.3, 0.4) is 0 Å². The van der Waals surface area contributed by atoms with E-state index >= 15 is 0 Å². The summed E-state index contributed by atoms with van der Waals surface area (Å²) in [5, 5.41) is 12.0. The van der Waals surface area contributed by atoms with Gasteiger partial charge in [0, 0.05) is 45.1 Å². The van der Waals surface area contributed by atoms with Gasteiger partial charge in [-0.2, -0.15) is 0 Å². The molecule has 21 heavy (non-hydrogen) atoms. The average Bonchev–Trinajstić information content (AvgIpc) is 3.02. The fourth-order valence-corrected chi connectivity index (χ4v) is 2.92. The molecule has 0 bridgehead atoms. The van der Waals surface area contributed by atoms with Crippen LogP contribution in [0.1, 0.15) is 19.8 Å². The standard InChI is InChI=1S/C14H26N6O/c1-2-13(14(15)17-21)20-10-8-18(9-11-20)5-3-6-19-7-4-16-12-19/h4,7,12-13,21H,2-3,5-6,8-11H2,1H3,(H2,15,17). The predicted octanol–water partition coefficient (Wildman–Crippen LogP) is 0.416. The molecular weight excluding hydrogens is 268 g/mol. The SMILES string of the molecule is CCC(C(N)=NO)N1CCN(CCCn2ccnc2)CC1. The highest BCUT2D eigenvalue weighted by atomic mass is 16.4. The van der Waals surface area contributed by atoms with Crippen LogP contribution in [0, 0.1) is 0 Å². The topological polar surface area (TPSA) is 82.9 Å². The second-order valence-electron chi connectivity index (χ2n) is 5.48. The van der Waals surface area contributed by atoms with Crippen molar-refractivity contribution in [1.29, 1.82) is 0 Å². The van der Waals surface area contributed by atoms with Gasteiger partial charge in [-0.25, -0.2) is 4.98 Å². The summed E-state index contributed by atoms with van der Waals surface area (Å²) >= 11 is 0. The largest absolute Gasteiger partial charge is 0.409 e. The summed E-state index contributed by atoms with van der Waals surface area (Å²) in [6.07, 6.45) is 7.68. The summed E-state index contributed by atoms with van der Waals surface area (Å²) < 4.78 is 2.11. The van der Waals surface area contributed by atoms with Crippen LogP contribution in [0.15, 0.2) is 23.9 Å². The fraction of sp³-hybridized carbons (Fsp3) is 0.714. The number of oxime groups is 1. The van der Waals surface area contributed by atoms with Crippen molar-refractivity contribution in [2.24, 2.45) is 10.9 Å². The van der Waals surface area contributed by atoms with Gasteiger partial charge in [-0.1, -0.05) is 12.1 Å². The number of aryl methyl sites for hydroxylation is 1. The number of hydrogen-bond donors (Lipinski definition) is 2. The lowest BCUT2D eigenvalue weighted by Crippen LogP contribution is -2.54. The highest BCUT2D eigenvalue weighted by Gasteiger charge is 2.25. The van der Waals surface area contributed by atoms with Crippen LogP contribution in [0.5, 0.6) is 0 Å². The van der Waals surface area contributed by atoms with Gasteiger partial charge in [-0.3, -0.25) is 4.90 Å². The zero-order valence-corrected chi connectivity index (χ0v) is 12.7. The van der Waals surface area contributed by atoms with Crippen LogP contribution in [-0.2, 0) is 6.54 Å². The molecule has 1 aromatic heterocycles. The van der Waals surface area contributed by atoms with Gasteiger partial charge in [0.2, 0.25) is 0 Å². The molecule has 7 nitrogen and oxygen atoms in total. The molecule has 3 N–H and O–H groups in total. The quantitative estimate of drug-likeness (QED) is 0.329. The number of rotatable bonds is 7. The van der Waals surface area contributed by atoms with Crippen molar-refractivity contribution < 1.29 is 5.21 Å². The summed E-state index contributed by atoms with van der Waals surface area (Å²) in [6, 6.07) is 0.0584. The maximum atomic E-state index is 8.84. The second kappa shape index (κ2) is 7.99. The van der Waals surface area contributed by atoms with E-state index in [1.807, 2.05) is 18.7 Å². The maximum absolute atomic E-state index is 8.84. The van der Waals surface area contributed by atoms with Crippen molar-refractivity contribution in [2.45, 2.75) is 32.4 Å². The Hall–Kier alpha value is -1.60. The minimum absolute atomic E-state index is 0.0584. The first kappa shape index (κ1) is 15.8. The van der Waals surface area contributed by atoms with E-state index in [-0.39, 0.29) is 6.04 Å². The minimum atomic E-state index is 0.0584. The van der Waals surface area contributed by atoms with Gasteiger partial charge in [-0.05, 0) is 19.4 Å². The molecule has 1 fully saturated rings. The Morgan fingerprint density at radius 1 is 1.33 bits per heavy atom. The van der Waals surface area contributed by atoms with Crippen molar-refractivity contribution in [3.63, 3.8) is 0 Å². The Bertz CT molecular complexity index is 425. The van der Waals surface area contributed by atoms with Gasteiger partial charge in [0.25, 0.3) is 0 Å². The third-order valence-corrected chi connectivity index (χ3v) is 4.14. The molecule has 1 aliphatic heterocycles. The lowest BCUT2D eigenvalue weighted by atomic mass is 10.1. The van der Waals surface area contributed by atoms with Crippen molar-refractivity contribution in [3.8, 4) is 0 Å². The second-order valence-corrected chi connectivity index (χ2v) is 5.48. The number of imidazole rings is 1. The Kier molecular flexibility index (Phi) is 6.01. The molecule has 0 saturated carbocycles. The van der Waals surface area contributed by atoms with Gasteiger partial charge in [0.15, 0.2) is 5.84 Å². The van der Waals surface area contributed by atoms with E-state index in [1.165, 1.54) is 0 Å². The fourth-order valence-electron chi connectivity index (χ4n) is 2.92. The van der Waals surface area contributed by atoms with E-state index in [9.17, 15) is 0 Å². The van der Waals surface area contributed by atoms with Crippen LogP contribution in [0.25, 0.3) is 0 Å². The monoisotopic (exact) mass is 294 g/mol. The van der Waals surface area contributed by atoms with Crippen molar-refractivity contribution in [2.75, 3.05) is 32.7 Å². The molecule has 0 radical (unpaired) electrons. The molecule has 1 unspecified atom stereocenters. The maximum Gasteiger partial charge on any atom is 0.156 e. The van der Waals surface area contributed by atoms with Crippen LogP contribution in [-0.4, -0.2) is 69.2 Å². The molecule has 0 spiro atoms. The summed E-state index contributed by atoms with van der Waals surface area (Å²) in [7, 11) is 0. The predicted molar refractivity (Wildman–Crippen MR) is 82.3 cm³/mol. The number of amidine groups is 1. The first-order valence-corrected chi connectivity index (χ1v) is 7.64. The molecule has 0 aromatic carbocycles. The Labute approximate surface area is 126 Å². The summed E-state index contributed by atoms with van der Waals surface area (Å²) in [6.45, 7) is 8.21. The van der Waals surface area contributed by atoms with Crippen LogP contribution < -0.4 is 5.73 Å². The lowest BCUT2D eigenvalue weighted by Gasteiger charge is -2.38. The molecule has 1 atom stereocenters. The number of hydrogen-bond acceptors (Lipinski definition) is 5. The van der Waals surface area contributed by atoms with Gasteiger partial charge < -0.3 is 20.4 Å². The van der Waals surface area contributed by atoms with Crippen LogP contribution >= 0.6 is 0 Å². The molecule has 1 aliphatic rings. The highest BCUT2D eigenvalue weighted by Crippen LogP contribution is 2.10. The summed E-state index contributed by atoms with van der Waals surface area (Å²) in [4.78, 5) is 8.84. The Morgan fingerprint density at radius 2 is 2.10 bits per heavy atom. The minimum Gasteiger partial charge on any atom is -0.409 e. The third-order valence-electron chi connectivity index (χ3n) is 4.14. The molecule has 118 valence electrons. The molecule has 0 aliphatic carbocycles. The number of piperazine rings is 1. The zero-order chi connectivity index (χ0) is 15.1. The molecule has 0 amide bonds. The van der Waals surface area contributed by atoms with Gasteiger partial charge in [0.05, 0.1) is 12.4 Å². The van der Waals surface area contributed by atoms with Crippen molar-refractivity contribution in [1.82, 2.24) is 19.4 Å². The first-order valence-electron chi connectivity index (χ1n) is 7.64. The van der Waals surface area contributed by atoms with Gasteiger partial charge >= 0.3 is 0 Å². The molecule has 1 aromatic rings. The number of aromatic nitrogens is 2. The van der Waals surface area contributed by atoms with E-state index in [2.05, 4.69) is 31.4 Å². The summed E-state index contributed by atoms with van der Waals surface area (Å²) in [5.74, 6) is 0.325. The number of nitrogens with two attached hydrogens (primary N) is 1. The first-order chi connectivity index (χ1) is 10.2. The van der Waals surface area contributed by atoms with Crippen molar-refractivity contribution in [3.05, 3.63) is 18.7 Å². The van der Waals surface area contributed by atoms with Gasteiger partial charge in [-0.15, -0.1) is 0 Å². The van der Waals surface area contributed by atoms with Crippen molar-refractivity contribution >= 4 is 5.84 Å². The normalized spacial score (nSPS) is 19.8. The molecule has 7 heteroatoms. The average molecular weight is 294 g/mol. The van der Waals surface area contributed by atoms with E-state index < -0.39 is 0 Å². The zero-order valence-electron chi connectivity index (χ0n) is 12.7. The summed E-state index contributed by atoms with van der Waals surface area (Å²) in [5.41, 5.74) is 5.76. The number of nitrogens with zero attached hydrogens (tertiary/aromatic N) is 5. The van der Waals surface area contributed by atoms with Crippen LogP contribution in [0.2, 0.25) is 0 Å². The molecule has 2 heterocycles. The lowest BCUT2D eigenvalue weighted by molar-refractivity contribution is 0.112. The van der Waals surface area contributed by atoms with E-state index in [0.29, 0.717) is 5.84 Å². The third kappa shape index (κ3) is 4.44. The Morgan fingerprint density at radius 3 is 2.67 bits per heavy atom. The molecular formula is C14H26N6O. The highest BCUT2D eigenvalue weighted by molar-refractivity contribution is 5.85. The van der Waals surface area contributed by atoms with Crippen LogP contribution in [0.4, 0.5) is 0 Å². The Balaban J connectivity index is 1.70. The van der Waals surface area contributed by atoms with Gasteiger partial charge in [0.1, 0.15) is 0 Å². The molecule has 1 saturated heterocycles. The van der Waals surface area contributed by atoms with E-state index in [4.69, 9.17) is 10.9 Å². The smallest absolute Gasteiger partial charge is 0.156 e. The molecule has 2 rings (SSSR count). The van der Waals surface area contributed by atoms with E-state index in [0.717, 1.165) is 52.1 Å².